The van der Waals surface area contributed by atoms with Crippen LogP contribution in [0.5, 0.6) is 0 Å². The van der Waals surface area contributed by atoms with E-state index in [0.29, 0.717) is 16.8 Å². The minimum absolute atomic E-state index is 0.0331. The fourth-order valence-electron chi connectivity index (χ4n) is 3.45. The van der Waals surface area contributed by atoms with E-state index in [1.807, 2.05) is 0 Å². The van der Waals surface area contributed by atoms with Crippen LogP contribution in [0.4, 0.5) is 26.3 Å². The smallest absolute Gasteiger partial charge is 0.416 e. The Balaban J connectivity index is 1.94. The van der Waals surface area contributed by atoms with E-state index >= 15 is 0 Å². The number of methoxy groups -OCH3 is 1. The molecule has 1 aliphatic rings. The molecule has 0 saturated carbocycles. The van der Waals surface area contributed by atoms with Gasteiger partial charge in [-0.3, -0.25) is 0 Å². The van der Waals surface area contributed by atoms with Crippen molar-refractivity contribution < 1.29 is 35.9 Å². The number of nitrogens with one attached hydrogen (secondary N) is 1. The maximum Gasteiger partial charge on any atom is 0.416 e. The van der Waals surface area contributed by atoms with Gasteiger partial charge < -0.3 is 15.0 Å². The zero-order valence-electron chi connectivity index (χ0n) is 18.4. The number of halogens is 6. The summed E-state index contributed by atoms with van der Waals surface area (Å²) in [6.45, 7) is 1.67. The molecule has 0 spiro atoms. The van der Waals surface area contributed by atoms with Crippen LogP contribution in [-0.2, 0) is 28.4 Å². The second kappa shape index (κ2) is 9.40. The second-order valence-electron chi connectivity index (χ2n) is 7.58. The number of alkyl halides is 6. The van der Waals surface area contributed by atoms with Gasteiger partial charge in [0.2, 0.25) is 0 Å². The van der Waals surface area contributed by atoms with Crippen molar-refractivity contribution in [3.8, 4) is 0 Å². The molecule has 1 unspecified atom stereocenters. The number of carbonyl (C=O) groups is 1. The fourth-order valence-corrected chi connectivity index (χ4v) is 3.45. The zero-order chi connectivity index (χ0) is 25.3. The van der Waals surface area contributed by atoms with Gasteiger partial charge in [0, 0.05) is 12.7 Å². The van der Waals surface area contributed by atoms with E-state index in [-0.39, 0.29) is 18.1 Å². The summed E-state index contributed by atoms with van der Waals surface area (Å²) >= 11 is 0. The molecule has 0 aromatic heterocycles. The molecule has 3 rings (SSSR count). The SMILES string of the molecule is COC(=O)C1=C(C)N(C)C(=NCc2ccc(C(F)(F)F)cc2)NC1c1ccc(C(F)(F)F)cc1. The molecule has 2 aromatic carbocycles. The highest BCUT2D eigenvalue weighted by molar-refractivity contribution is 5.96. The number of ether oxygens (including phenoxy) is 1. The largest absolute Gasteiger partial charge is 0.466 e. The monoisotopic (exact) mass is 485 g/mol. The summed E-state index contributed by atoms with van der Waals surface area (Å²) in [6, 6.07) is 8.04. The molecule has 1 heterocycles. The lowest BCUT2D eigenvalue weighted by Gasteiger charge is -2.36. The third-order valence-corrected chi connectivity index (χ3v) is 5.44. The van der Waals surface area contributed by atoms with Gasteiger partial charge in [0.25, 0.3) is 0 Å². The normalized spacial score (nSPS) is 18.2. The molecule has 1 atom stereocenters. The number of hydrogen-bond donors (Lipinski definition) is 1. The lowest BCUT2D eigenvalue weighted by Crippen LogP contribution is -2.47. The Morgan fingerprint density at radius 2 is 1.47 bits per heavy atom. The quantitative estimate of drug-likeness (QED) is 0.472. The first-order valence-electron chi connectivity index (χ1n) is 10.00. The van der Waals surface area contributed by atoms with E-state index in [9.17, 15) is 31.1 Å². The van der Waals surface area contributed by atoms with Gasteiger partial charge in [0.15, 0.2) is 5.96 Å². The second-order valence-corrected chi connectivity index (χ2v) is 7.58. The Kier molecular flexibility index (Phi) is 6.94. The number of allylic oxidation sites excluding steroid dienone is 1. The van der Waals surface area contributed by atoms with Gasteiger partial charge in [-0.2, -0.15) is 26.3 Å². The van der Waals surface area contributed by atoms with Crippen molar-refractivity contribution in [1.29, 1.82) is 0 Å². The van der Waals surface area contributed by atoms with Crippen LogP contribution in [-0.4, -0.2) is 31.0 Å². The van der Waals surface area contributed by atoms with Gasteiger partial charge in [-0.15, -0.1) is 0 Å². The van der Waals surface area contributed by atoms with E-state index in [4.69, 9.17) is 4.74 Å². The molecule has 0 amide bonds. The summed E-state index contributed by atoms with van der Waals surface area (Å²) in [6.07, 6.45) is -8.96. The highest BCUT2D eigenvalue weighted by Crippen LogP contribution is 2.34. The summed E-state index contributed by atoms with van der Waals surface area (Å²) in [4.78, 5) is 18.5. The standard InChI is InChI=1S/C23H21F6N3O2/c1-13-18(20(33)34-3)19(15-6-10-17(11-7-15)23(27,28)29)31-21(32(13)2)30-12-14-4-8-16(9-5-14)22(24,25)26/h4-11,19H,12H2,1-3H3,(H,30,31). The first-order valence-corrected chi connectivity index (χ1v) is 10.00. The van der Waals surface area contributed by atoms with E-state index in [2.05, 4.69) is 10.3 Å². The number of guanidine groups is 1. The fraction of sp³-hybridized carbons (Fsp3) is 0.304. The van der Waals surface area contributed by atoms with E-state index in [0.717, 1.165) is 24.3 Å². The first-order chi connectivity index (χ1) is 15.8. The Morgan fingerprint density at radius 3 is 1.94 bits per heavy atom. The van der Waals surface area contributed by atoms with Crippen molar-refractivity contribution in [2.45, 2.75) is 31.9 Å². The number of nitrogens with zero attached hydrogens (tertiary/aromatic N) is 2. The number of carbonyl (C=O) groups excluding carboxylic acids is 1. The highest BCUT2D eigenvalue weighted by atomic mass is 19.4. The molecule has 182 valence electrons. The Morgan fingerprint density at radius 1 is 0.971 bits per heavy atom. The average Bonchev–Trinajstić information content (AvgIpc) is 2.78. The van der Waals surface area contributed by atoms with Crippen LogP contribution < -0.4 is 5.32 Å². The number of benzene rings is 2. The summed E-state index contributed by atoms with van der Waals surface area (Å²) in [7, 11) is 2.82. The number of aliphatic imine (C=N–C) groups is 1. The van der Waals surface area contributed by atoms with Gasteiger partial charge in [-0.25, -0.2) is 9.79 Å². The molecular formula is C23H21F6N3O2. The molecule has 1 N–H and O–H groups in total. The summed E-state index contributed by atoms with van der Waals surface area (Å²) in [5, 5.41) is 3.04. The van der Waals surface area contributed by atoms with Gasteiger partial charge in [0.1, 0.15) is 0 Å². The maximum absolute atomic E-state index is 13.0. The van der Waals surface area contributed by atoms with E-state index < -0.39 is 35.5 Å². The predicted molar refractivity (Wildman–Crippen MR) is 112 cm³/mol. The van der Waals surface area contributed by atoms with Crippen molar-refractivity contribution in [2.24, 2.45) is 4.99 Å². The van der Waals surface area contributed by atoms with Crippen LogP contribution in [0.1, 0.15) is 35.2 Å². The van der Waals surface area contributed by atoms with Crippen LogP contribution in [0.25, 0.3) is 0 Å². The van der Waals surface area contributed by atoms with Gasteiger partial charge in [-0.1, -0.05) is 24.3 Å². The third kappa shape index (κ3) is 5.35. The minimum Gasteiger partial charge on any atom is -0.466 e. The van der Waals surface area contributed by atoms with Crippen LogP contribution in [0.2, 0.25) is 0 Å². The summed E-state index contributed by atoms with van der Waals surface area (Å²) in [5.74, 6) is -0.376. The van der Waals surface area contributed by atoms with Crippen LogP contribution >= 0.6 is 0 Å². The molecule has 0 saturated heterocycles. The maximum atomic E-state index is 13.0. The molecule has 1 aliphatic heterocycles. The number of hydrogen-bond acceptors (Lipinski definition) is 3. The average molecular weight is 485 g/mol. The number of rotatable bonds is 4. The molecular weight excluding hydrogens is 464 g/mol. The van der Waals surface area contributed by atoms with E-state index in [1.165, 1.54) is 31.4 Å². The van der Waals surface area contributed by atoms with Crippen molar-refractivity contribution in [3.63, 3.8) is 0 Å². The predicted octanol–water partition coefficient (Wildman–Crippen LogP) is 5.30. The molecule has 5 nitrogen and oxygen atoms in total. The van der Waals surface area contributed by atoms with E-state index in [1.54, 1.807) is 18.9 Å². The molecule has 0 aliphatic carbocycles. The molecule has 0 fully saturated rings. The Labute approximate surface area is 191 Å². The van der Waals surface area contributed by atoms with Crippen LogP contribution in [0.3, 0.4) is 0 Å². The van der Waals surface area contributed by atoms with Crippen molar-refractivity contribution in [1.82, 2.24) is 10.2 Å². The highest BCUT2D eigenvalue weighted by Gasteiger charge is 2.35. The topological polar surface area (TPSA) is 53.9 Å². The zero-order valence-corrected chi connectivity index (χ0v) is 18.4. The van der Waals surface area contributed by atoms with Crippen molar-refractivity contribution in [2.75, 3.05) is 14.2 Å². The van der Waals surface area contributed by atoms with Gasteiger partial charge in [-0.05, 0) is 42.3 Å². The molecule has 34 heavy (non-hydrogen) atoms. The minimum atomic E-state index is -4.51. The number of esters is 1. The van der Waals surface area contributed by atoms with Crippen molar-refractivity contribution >= 4 is 11.9 Å². The lowest BCUT2D eigenvalue weighted by molar-refractivity contribution is -0.138. The van der Waals surface area contributed by atoms with Crippen LogP contribution in [0.15, 0.2) is 64.8 Å². The van der Waals surface area contributed by atoms with Gasteiger partial charge >= 0.3 is 18.3 Å². The third-order valence-electron chi connectivity index (χ3n) is 5.44. The van der Waals surface area contributed by atoms with Gasteiger partial charge in [0.05, 0.1) is 36.4 Å². The lowest BCUT2D eigenvalue weighted by atomic mass is 9.94. The molecule has 0 radical (unpaired) electrons. The molecule has 0 bridgehead atoms. The summed E-state index contributed by atoms with van der Waals surface area (Å²) < 4.78 is 82.1. The Bertz CT molecular complexity index is 1100. The Hall–Kier alpha value is -3.50. The van der Waals surface area contributed by atoms with Crippen LogP contribution in [0, 0.1) is 0 Å². The first kappa shape index (κ1) is 25.1. The molecule has 11 heteroatoms. The van der Waals surface area contributed by atoms with Crippen molar-refractivity contribution in [3.05, 3.63) is 82.1 Å². The summed E-state index contributed by atoms with van der Waals surface area (Å²) in [5.41, 5.74) is -0.0634. The molecule has 2 aromatic rings.